The molecular weight excluding hydrogens is 188 g/mol. The molecule has 0 aliphatic carbocycles. The Hall–Kier alpha value is -1.31. The van der Waals surface area contributed by atoms with Crippen LogP contribution in [0.25, 0.3) is 0 Å². The average Bonchev–Trinajstić information content (AvgIpc) is 2.25. The largest absolute Gasteiger partial charge is 0.481 e. The Morgan fingerprint density at radius 3 is 2.47 bits per heavy atom. The summed E-state index contributed by atoms with van der Waals surface area (Å²) < 4.78 is 0. The van der Waals surface area contributed by atoms with E-state index in [4.69, 9.17) is 5.11 Å². The van der Waals surface area contributed by atoms with Gasteiger partial charge in [0.2, 0.25) is 0 Å². The molecule has 0 aromatic heterocycles. The van der Waals surface area contributed by atoms with Crippen molar-refractivity contribution >= 4 is 5.97 Å². The lowest BCUT2D eigenvalue weighted by Gasteiger charge is -2.11. The third kappa shape index (κ3) is 3.74. The Kier molecular flexibility index (Phi) is 4.88. The Balaban J connectivity index is 2.62. The fourth-order valence-electron chi connectivity index (χ4n) is 1.72. The molecule has 0 aliphatic heterocycles. The number of carboxylic acids is 1. The summed E-state index contributed by atoms with van der Waals surface area (Å²) in [5.74, 6) is -1.05. The summed E-state index contributed by atoms with van der Waals surface area (Å²) in [5, 5.41) is 9.13. The Bertz CT molecular complexity index is 293. The fourth-order valence-corrected chi connectivity index (χ4v) is 1.72. The first-order valence-corrected chi connectivity index (χ1v) is 5.53. The molecule has 0 amide bonds. The van der Waals surface area contributed by atoms with E-state index in [-0.39, 0.29) is 5.92 Å². The SMILES string of the molecule is CCCCC[C@H](C(=O)O)c1ccccc1. The molecule has 0 radical (unpaired) electrons. The van der Waals surface area contributed by atoms with E-state index in [1.54, 1.807) is 0 Å². The van der Waals surface area contributed by atoms with Gasteiger partial charge in [-0.05, 0) is 12.0 Å². The second-order valence-electron chi connectivity index (χ2n) is 3.80. The minimum absolute atomic E-state index is 0.335. The van der Waals surface area contributed by atoms with Crippen molar-refractivity contribution in [2.45, 2.75) is 38.5 Å². The van der Waals surface area contributed by atoms with Crippen molar-refractivity contribution in [2.75, 3.05) is 0 Å². The maximum absolute atomic E-state index is 11.1. The van der Waals surface area contributed by atoms with Gasteiger partial charge in [-0.25, -0.2) is 0 Å². The molecule has 2 nitrogen and oxygen atoms in total. The van der Waals surface area contributed by atoms with Crippen molar-refractivity contribution in [1.82, 2.24) is 0 Å². The molecule has 0 aliphatic rings. The number of carboxylic acid groups (broad SMARTS) is 1. The molecule has 2 heteroatoms. The zero-order chi connectivity index (χ0) is 11.1. The Morgan fingerprint density at radius 1 is 1.27 bits per heavy atom. The number of rotatable bonds is 6. The lowest BCUT2D eigenvalue weighted by Crippen LogP contribution is -2.11. The highest BCUT2D eigenvalue weighted by Crippen LogP contribution is 2.22. The third-order valence-electron chi connectivity index (χ3n) is 2.60. The number of aliphatic carboxylic acids is 1. The van der Waals surface area contributed by atoms with E-state index in [1.807, 2.05) is 30.3 Å². The van der Waals surface area contributed by atoms with E-state index in [0.717, 1.165) is 31.2 Å². The molecule has 1 aromatic carbocycles. The van der Waals surface area contributed by atoms with E-state index < -0.39 is 5.97 Å². The predicted octanol–water partition coefficient (Wildman–Crippen LogP) is 3.44. The fraction of sp³-hybridized carbons (Fsp3) is 0.462. The van der Waals surface area contributed by atoms with E-state index in [0.29, 0.717) is 0 Å². The van der Waals surface area contributed by atoms with Gasteiger partial charge in [0.05, 0.1) is 5.92 Å². The molecule has 0 bridgehead atoms. The minimum Gasteiger partial charge on any atom is -0.481 e. The van der Waals surface area contributed by atoms with Crippen molar-refractivity contribution in [3.63, 3.8) is 0 Å². The van der Waals surface area contributed by atoms with Crippen LogP contribution in [0.3, 0.4) is 0 Å². The van der Waals surface area contributed by atoms with Crippen molar-refractivity contribution in [3.05, 3.63) is 35.9 Å². The van der Waals surface area contributed by atoms with Crippen molar-refractivity contribution in [2.24, 2.45) is 0 Å². The molecule has 15 heavy (non-hydrogen) atoms. The van der Waals surface area contributed by atoms with Crippen LogP contribution in [-0.2, 0) is 4.79 Å². The molecule has 0 saturated carbocycles. The normalized spacial score (nSPS) is 12.3. The maximum Gasteiger partial charge on any atom is 0.310 e. The molecule has 0 saturated heterocycles. The molecular formula is C13H18O2. The summed E-state index contributed by atoms with van der Waals surface area (Å²) in [6.07, 6.45) is 3.97. The van der Waals surface area contributed by atoms with Gasteiger partial charge in [-0.2, -0.15) is 0 Å². The lowest BCUT2D eigenvalue weighted by molar-refractivity contribution is -0.139. The number of carbonyl (C=O) groups is 1. The standard InChI is InChI=1S/C13H18O2/c1-2-3-5-10-12(13(14)15)11-8-6-4-7-9-11/h4,6-9,12H,2-3,5,10H2,1H3,(H,14,15)/t12-/m0/s1. The molecule has 82 valence electrons. The second-order valence-corrected chi connectivity index (χ2v) is 3.80. The van der Waals surface area contributed by atoms with E-state index in [9.17, 15) is 4.79 Å². The van der Waals surface area contributed by atoms with Crippen LogP contribution in [0.2, 0.25) is 0 Å². The van der Waals surface area contributed by atoms with Gasteiger partial charge in [-0.3, -0.25) is 4.79 Å². The van der Waals surface area contributed by atoms with Gasteiger partial charge in [0.1, 0.15) is 0 Å². The van der Waals surface area contributed by atoms with Gasteiger partial charge >= 0.3 is 5.97 Å². The zero-order valence-electron chi connectivity index (χ0n) is 9.15. The molecule has 1 aromatic rings. The molecule has 0 spiro atoms. The van der Waals surface area contributed by atoms with Crippen LogP contribution in [0.5, 0.6) is 0 Å². The highest BCUT2D eigenvalue weighted by atomic mass is 16.4. The number of benzene rings is 1. The first-order chi connectivity index (χ1) is 7.25. The molecule has 0 heterocycles. The predicted molar refractivity (Wildman–Crippen MR) is 61.0 cm³/mol. The summed E-state index contributed by atoms with van der Waals surface area (Å²) in [4.78, 5) is 11.1. The first kappa shape index (κ1) is 11.8. The maximum atomic E-state index is 11.1. The van der Waals surface area contributed by atoms with Crippen molar-refractivity contribution in [3.8, 4) is 0 Å². The van der Waals surface area contributed by atoms with Gasteiger partial charge in [-0.15, -0.1) is 0 Å². The second kappa shape index (κ2) is 6.23. The average molecular weight is 206 g/mol. The van der Waals surface area contributed by atoms with Crippen molar-refractivity contribution in [1.29, 1.82) is 0 Å². The molecule has 0 fully saturated rings. The van der Waals surface area contributed by atoms with Crippen LogP contribution in [0.15, 0.2) is 30.3 Å². The highest BCUT2D eigenvalue weighted by molar-refractivity contribution is 5.75. The van der Waals surface area contributed by atoms with Gasteiger partial charge in [0.25, 0.3) is 0 Å². The van der Waals surface area contributed by atoms with E-state index >= 15 is 0 Å². The summed E-state index contributed by atoms with van der Waals surface area (Å²) in [5.41, 5.74) is 0.918. The smallest absolute Gasteiger partial charge is 0.310 e. The highest BCUT2D eigenvalue weighted by Gasteiger charge is 2.18. The van der Waals surface area contributed by atoms with E-state index in [2.05, 4.69) is 6.92 Å². The summed E-state index contributed by atoms with van der Waals surface area (Å²) >= 11 is 0. The van der Waals surface area contributed by atoms with Crippen LogP contribution >= 0.6 is 0 Å². The third-order valence-corrected chi connectivity index (χ3v) is 2.60. The molecule has 0 unspecified atom stereocenters. The Labute approximate surface area is 90.9 Å². The van der Waals surface area contributed by atoms with E-state index in [1.165, 1.54) is 0 Å². The topological polar surface area (TPSA) is 37.3 Å². The van der Waals surface area contributed by atoms with Gasteiger partial charge in [0.15, 0.2) is 0 Å². The van der Waals surface area contributed by atoms with Crippen LogP contribution in [0.1, 0.15) is 44.1 Å². The Morgan fingerprint density at radius 2 is 1.93 bits per heavy atom. The minimum atomic E-state index is -0.711. The van der Waals surface area contributed by atoms with Gasteiger partial charge in [-0.1, -0.05) is 56.5 Å². The van der Waals surface area contributed by atoms with Crippen LogP contribution in [-0.4, -0.2) is 11.1 Å². The summed E-state index contributed by atoms with van der Waals surface area (Å²) in [6.45, 7) is 2.12. The summed E-state index contributed by atoms with van der Waals surface area (Å²) in [7, 11) is 0. The van der Waals surface area contributed by atoms with Crippen LogP contribution in [0, 0.1) is 0 Å². The molecule has 1 atom stereocenters. The van der Waals surface area contributed by atoms with Gasteiger partial charge in [0, 0.05) is 0 Å². The number of hydrogen-bond acceptors (Lipinski definition) is 1. The quantitative estimate of drug-likeness (QED) is 0.724. The number of hydrogen-bond donors (Lipinski definition) is 1. The molecule has 1 N–H and O–H groups in total. The van der Waals surface area contributed by atoms with Crippen molar-refractivity contribution < 1.29 is 9.90 Å². The van der Waals surface area contributed by atoms with Crippen LogP contribution < -0.4 is 0 Å². The monoisotopic (exact) mass is 206 g/mol. The summed E-state index contributed by atoms with van der Waals surface area (Å²) in [6, 6.07) is 9.49. The van der Waals surface area contributed by atoms with Crippen LogP contribution in [0.4, 0.5) is 0 Å². The lowest BCUT2D eigenvalue weighted by atomic mass is 9.93. The molecule has 1 rings (SSSR count). The number of unbranched alkanes of at least 4 members (excludes halogenated alkanes) is 2. The zero-order valence-corrected chi connectivity index (χ0v) is 9.15. The van der Waals surface area contributed by atoms with Gasteiger partial charge < -0.3 is 5.11 Å². The first-order valence-electron chi connectivity index (χ1n) is 5.53.